The standard InChI is InChI=1S/C16H18N4O3S/c1-24(22,23)12-8-20(9-12)15-6-10(4-5-19-15)16(18)13-7-11(21)2-3-14(13)17/h2-7,12,18,21H,8-9,17H2,1H3. The highest BCUT2D eigenvalue weighted by molar-refractivity contribution is 7.91. The van der Waals surface area contributed by atoms with Crippen LogP contribution in [0.4, 0.5) is 11.5 Å². The molecule has 1 saturated heterocycles. The summed E-state index contributed by atoms with van der Waals surface area (Å²) in [5, 5.41) is 17.6. The third-order valence-corrected chi connectivity index (χ3v) is 5.63. The summed E-state index contributed by atoms with van der Waals surface area (Å²) >= 11 is 0. The van der Waals surface area contributed by atoms with Crippen molar-refractivity contribution in [1.82, 2.24) is 4.98 Å². The number of rotatable bonds is 4. The average Bonchev–Trinajstić information content (AvgIpc) is 2.46. The summed E-state index contributed by atoms with van der Waals surface area (Å²) in [5.74, 6) is 0.660. The van der Waals surface area contributed by atoms with Crippen LogP contribution in [0.5, 0.6) is 5.75 Å². The van der Waals surface area contributed by atoms with Crippen molar-refractivity contribution >= 4 is 27.1 Å². The van der Waals surface area contributed by atoms with Crippen molar-refractivity contribution in [3.8, 4) is 5.75 Å². The number of benzene rings is 1. The molecule has 3 rings (SSSR count). The minimum atomic E-state index is -3.04. The molecule has 2 heterocycles. The molecule has 0 spiro atoms. The van der Waals surface area contributed by atoms with E-state index in [1.54, 1.807) is 24.4 Å². The van der Waals surface area contributed by atoms with Crippen molar-refractivity contribution in [2.45, 2.75) is 5.25 Å². The first kappa shape index (κ1) is 16.3. The molecule has 1 fully saturated rings. The van der Waals surface area contributed by atoms with Crippen molar-refractivity contribution in [2.75, 3.05) is 30.0 Å². The number of anilines is 2. The van der Waals surface area contributed by atoms with Gasteiger partial charge in [0.15, 0.2) is 9.84 Å². The van der Waals surface area contributed by atoms with Crippen molar-refractivity contribution < 1.29 is 13.5 Å². The van der Waals surface area contributed by atoms with Crippen LogP contribution in [0.2, 0.25) is 0 Å². The van der Waals surface area contributed by atoms with E-state index in [1.807, 2.05) is 4.90 Å². The summed E-state index contributed by atoms with van der Waals surface area (Å²) in [5.41, 5.74) is 7.49. The number of phenols is 1. The van der Waals surface area contributed by atoms with Crippen LogP contribution in [0.25, 0.3) is 0 Å². The van der Waals surface area contributed by atoms with Gasteiger partial charge in [-0.3, -0.25) is 5.41 Å². The normalized spacial score (nSPS) is 15.1. The second kappa shape index (κ2) is 5.79. The number of hydrogen-bond acceptors (Lipinski definition) is 7. The topological polar surface area (TPSA) is 120 Å². The molecule has 8 heteroatoms. The predicted octanol–water partition coefficient (Wildman–Crippen LogP) is 1.02. The molecule has 7 nitrogen and oxygen atoms in total. The molecule has 0 unspecified atom stereocenters. The summed E-state index contributed by atoms with van der Waals surface area (Å²) in [7, 11) is -3.04. The van der Waals surface area contributed by atoms with Gasteiger partial charge in [0.25, 0.3) is 0 Å². The fourth-order valence-electron chi connectivity index (χ4n) is 2.56. The highest BCUT2D eigenvalue weighted by Gasteiger charge is 2.35. The zero-order chi connectivity index (χ0) is 17.5. The van der Waals surface area contributed by atoms with E-state index < -0.39 is 9.84 Å². The Labute approximate surface area is 140 Å². The van der Waals surface area contributed by atoms with E-state index in [1.165, 1.54) is 18.4 Å². The van der Waals surface area contributed by atoms with Crippen molar-refractivity contribution in [1.29, 1.82) is 5.41 Å². The molecule has 4 N–H and O–H groups in total. The lowest BCUT2D eigenvalue weighted by atomic mass is 10.0. The smallest absolute Gasteiger partial charge is 0.153 e. The fourth-order valence-corrected chi connectivity index (χ4v) is 3.46. The number of hydrogen-bond donors (Lipinski definition) is 3. The quantitative estimate of drug-likeness (QED) is 0.432. The number of aromatic hydroxyl groups is 1. The minimum Gasteiger partial charge on any atom is -0.508 e. The monoisotopic (exact) mass is 346 g/mol. The van der Waals surface area contributed by atoms with Gasteiger partial charge in [-0.25, -0.2) is 13.4 Å². The summed E-state index contributed by atoms with van der Waals surface area (Å²) < 4.78 is 23.0. The van der Waals surface area contributed by atoms with Crippen LogP contribution >= 0.6 is 0 Å². The molecular formula is C16H18N4O3S. The number of sulfone groups is 1. The third kappa shape index (κ3) is 3.05. The van der Waals surface area contributed by atoms with Crippen LogP contribution in [0.15, 0.2) is 36.5 Å². The summed E-state index contributed by atoms with van der Waals surface area (Å²) in [4.78, 5) is 6.10. The maximum atomic E-state index is 11.5. The number of nitrogens with zero attached hydrogens (tertiary/aromatic N) is 2. The third-order valence-electron chi connectivity index (χ3n) is 4.12. The number of nitrogens with one attached hydrogen (secondary N) is 1. The van der Waals surface area contributed by atoms with Gasteiger partial charge in [-0.15, -0.1) is 0 Å². The van der Waals surface area contributed by atoms with E-state index in [9.17, 15) is 13.5 Å². The molecule has 0 bridgehead atoms. The van der Waals surface area contributed by atoms with E-state index in [0.29, 0.717) is 35.7 Å². The average molecular weight is 346 g/mol. The van der Waals surface area contributed by atoms with Crippen molar-refractivity contribution in [3.63, 3.8) is 0 Å². The van der Waals surface area contributed by atoms with Crippen LogP contribution in [0.1, 0.15) is 11.1 Å². The Balaban J connectivity index is 1.84. The van der Waals surface area contributed by atoms with Gasteiger partial charge in [-0.1, -0.05) is 0 Å². The molecule has 1 aromatic carbocycles. The molecule has 1 aliphatic rings. The highest BCUT2D eigenvalue weighted by atomic mass is 32.2. The Morgan fingerprint density at radius 2 is 2.04 bits per heavy atom. The Bertz CT molecular complexity index is 905. The first-order valence-electron chi connectivity index (χ1n) is 7.33. The SMILES string of the molecule is CS(=O)(=O)C1CN(c2cc(C(=N)c3cc(O)ccc3N)ccn2)C1. The summed E-state index contributed by atoms with van der Waals surface area (Å²) in [6.45, 7) is 0.799. The highest BCUT2D eigenvalue weighted by Crippen LogP contribution is 2.26. The largest absolute Gasteiger partial charge is 0.508 e. The minimum absolute atomic E-state index is 0.0389. The van der Waals surface area contributed by atoms with Gasteiger partial charge in [0.05, 0.1) is 11.0 Å². The Hall–Kier alpha value is -2.61. The summed E-state index contributed by atoms with van der Waals surface area (Å²) in [6, 6.07) is 7.87. The molecule has 1 aliphatic heterocycles. The molecule has 24 heavy (non-hydrogen) atoms. The molecule has 0 amide bonds. The van der Waals surface area contributed by atoms with E-state index in [2.05, 4.69) is 4.98 Å². The van der Waals surface area contributed by atoms with Crippen molar-refractivity contribution in [2.24, 2.45) is 0 Å². The van der Waals surface area contributed by atoms with Gasteiger partial charge in [-0.2, -0.15) is 0 Å². The molecular weight excluding hydrogens is 328 g/mol. The predicted molar refractivity (Wildman–Crippen MR) is 93.5 cm³/mol. The van der Waals surface area contributed by atoms with Crippen LogP contribution < -0.4 is 10.6 Å². The van der Waals surface area contributed by atoms with Crippen LogP contribution in [-0.2, 0) is 9.84 Å². The second-order valence-corrected chi connectivity index (χ2v) is 8.23. The molecule has 2 aromatic rings. The van der Waals surface area contributed by atoms with Gasteiger partial charge < -0.3 is 15.7 Å². The lowest BCUT2D eigenvalue weighted by Gasteiger charge is -2.38. The first-order chi connectivity index (χ1) is 11.3. The fraction of sp³-hybridized carbons (Fsp3) is 0.250. The second-order valence-electron chi connectivity index (χ2n) is 5.91. The molecule has 1 aromatic heterocycles. The number of nitrogens with two attached hydrogens (primary N) is 1. The van der Waals surface area contributed by atoms with E-state index in [-0.39, 0.29) is 16.7 Å². The van der Waals surface area contributed by atoms with Gasteiger partial charge in [-0.05, 0) is 30.3 Å². The molecule has 126 valence electrons. The van der Waals surface area contributed by atoms with Gasteiger partial charge in [0, 0.05) is 42.4 Å². The zero-order valence-electron chi connectivity index (χ0n) is 13.1. The lowest BCUT2D eigenvalue weighted by molar-refractivity contribution is 0.475. The Morgan fingerprint density at radius 3 is 2.71 bits per heavy atom. The Morgan fingerprint density at radius 1 is 1.33 bits per heavy atom. The Kier molecular flexibility index (Phi) is 3.92. The maximum absolute atomic E-state index is 11.5. The van der Waals surface area contributed by atoms with E-state index in [0.717, 1.165) is 0 Å². The zero-order valence-corrected chi connectivity index (χ0v) is 13.9. The molecule has 0 radical (unpaired) electrons. The summed E-state index contributed by atoms with van der Waals surface area (Å²) in [6.07, 6.45) is 2.81. The first-order valence-corrected chi connectivity index (χ1v) is 9.29. The lowest BCUT2D eigenvalue weighted by Crippen LogP contribution is -2.54. The van der Waals surface area contributed by atoms with Crippen LogP contribution in [0.3, 0.4) is 0 Å². The molecule has 0 saturated carbocycles. The maximum Gasteiger partial charge on any atom is 0.153 e. The van der Waals surface area contributed by atoms with Gasteiger partial charge in [0.1, 0.15) is 11.6 Å². The molecule has 0 atom stereocenters. The number of aromatic nitrogens is 1. The van der Waals surface area contributed by atoms with Crippen LogP contribution in [0, 0.1) is 5.41 Å². The van der Waals surface area contributed by atoms with Gasteiger partial charge >= 0.3 is 0 Å². The van der Waals surface area contributed by atoms with E-state index in [4.69, 9.17) is 11.1 Å². The van der Waals surface area contributed by atoms with Crippen molar-refractivity contribution in [3.05, 3.63) is 47.7 Å². The number of phenolic OH excluding ortho intramolecular Hbond substituents is 1. The van der Waals surface area contributed by atoms with Crippen LogP contribution in [-0.4, -0.2) is 48.8 Å². The number of pyridine rings is 1. The number of nitrogen functional groups attached to an aromatic ring is 1. The van der Waals surface area contributed by atoms with Gasteiger partial charge in [0.2, 0.25) is 0 Å². The van der Waals surface area contributed by atoms with E-state index >= 15 is 0 Å². The molecule has 0 aliphatic carbocycles.